The molecule has 1 aromatic carbocycles. The molecule has 0 aliphatic carbocycles. The second-order valence-electron chi connectivity index (χ2n) is 8.05. The number of nitrogens with zero attached hydrogens (tertiary/aromatic N) is 2. The highest BCUT2D eigenvalue weighted by Crippen LogP contribution is 2.34. The van der Waals surface area contributed by atoms with Gasteiger partial charge in [-0.1, -0.05) is 0 Å². The maximum Gasteiger partial charge on any atom is 0.460 e. The molecule has 0 saturated carbocycles. The minimum atomic E-state index is -5.12. The van der Waals surface area contributed by atoms with Crippen molar-refractivity contribution in [3.63, 3.8) is 0 Å². The van der Waals surface area contributed by atoms with E-state index in [0.717, 1.165) is 36.5 Å². The molecule has 6 nitrogen and oxygen atoms in total. The van der Waals surface area contributed by atoms with E-state index < -0.39 is 27.7 Å². The Morgan fingerprint density at radius 1 is 0.900 bits per heavy atom. The predicted molar refractivity (Wildman–Crippen MR) is 105 cm³/mol. The van der Waals surface area contributed by atoms with Gasteiger partial charge >= 0.3 is 12.0 Å². The van der Waals surface area contributed by atoms with Crippen LogP contribution in [0.2, 0.25) is 0 Å². The van der Waals surface area contributed by atoms with Crippen molar-refractivity contribution in [2.24, 2.45) is 11.8 Å². The summed E-state index contributed by atoms with van der Waals surface area (Å²) in [7, 11) is -3.23. The van der Waals surface area contributed by atoms with E-state index >= 15 is 0 Å². The molecular weight excluding hydrogens is 421 g/mol. The van der Waals surface area contributed by atoms with Gasteiger partial charge in [-0.05, 0) is 61.8 Å². The molecule has 0 bridgehead atoms. The van der Waals surface area contributed by atoms with Crippen molar-refractivity contribution in [2.75, 3.05) is 37.3 Å². The van der Waals surface area contributed by atoms with Gasteiger partial charge in [-0.25, -0.2) is 8.42 Å². The normalized spacial score (nSPS) is 19.7. The highest BCUT2D eigenvalue weighted by atomic mass is 32.2. The molecule has 10 heteroatoms. The predicted octanol–water partition coefficient (Wildman–Crippen LogP) is 2.68. The Morgan fingerprint density at radius 3 is 1.80 bits per heavy atom. The molecular formula is C20H25F3N2O4S. The van der Waals surface area contributed by atoms with Crippen LogP contribution in [-0.2, 0) is 19.4 Å². The van der Waals surface area contributed by atoms with E-state index in [1.54, 1.807) is 24.3 Å². The average molecular weight is 446 g/mol. The SMILES string of the molecule is CS(=O)(=O)c1ccc(N2CCC(C3CCN(C(=O)C(=O)C(F)(F)F)CC3)CC2)cc1. The Hall–Kier alpha value is -2.10. The van der Waals surface area contributed by atoms with Crippen LogP contribution in [-0.4, -0.2) is 63.6 Å². The number of rotatable bonds is 4. The Morgan fingerprint density at radius 2 is 1.37 bits per heavy atom. The van der Waals surface area contributed by atoms with E-state index in [9.17, 15) is 31.2 Å². The Balaban J connectivity index is 1.49. The Kier molecular flexibility index (Phi) is 6.45. The van der Waals surface area contributed by atoms with E-state index in [1.807, 2.05) is 0 Å². The van der Waals surface area contributed by atoms with E-state index in [-0.39, 0.29) is 18.0 Å². The van der Waals surface area contributed by atoms with Crippen molar-refractivity contribution in [1.82, 2.24) is 4.90 Å². The molecule has 1 amide bonds. The topological polar surface area (TPSA) is 74.8 Å². The Bertz CT molecular complexity index is 884. The minimum Gasteiger partial charge on any atom is -0.372 e. The summed E-state index contributed by atoms with van der Waals surface area (Å²) < 4.78 is 60.5. The number of benzene rings is 1. The van der Waals surface area contributed by atoms with E-state index in [0.29, 0.717) is 24.7 Å². The van der Waals surface area contributed by atoms with Gasteiger partial charge in [-0.3, -0.25) is 9.59 Å². The van der Waals surface area contributed by atoms with Crippen LogP contribution in [0.15, 0.2) is 29.2 Å². The maximum absolute atomic E-state index is 12.4. The van der Waals surface area contributed by atoms with E-state index in [4.69, 9.17) is 0 Å². The van der Waals surface area contributed by atoms with Gasteiger partial charge in [0.25, 0.3) is 5.91 Å². The van der Waals surface area contributed by atoms with Crippen LogP contribution in [0.5, 0.6) is 0 Å². The van der Waals surface area contributed by atoms with Crippen LogP contribution < -0.4 is 4.90 Å². The van der Waals surface area contributed by atoms with Crippen LogP contribution in [0.4, 0.5) is 18.9 Å². The zero-order chi connectivity index (χ0) is 22.1. The van der Waals surface area contributed by atoms with Crippen LogP contribution in [0.1, 0.15) is 25.7 Å². The number of piperidine rings is 2. The molecule has 0 spiro atoms. The standard InChI is InChI=1S/C20H25F3N2O4S/c1-30(28,29)17-4-2-16(3-5-17)24-10-6-14(7-11-24)15-8-12-25(13-9-15)19(27)18(26)20(21,22)23/h2-5,14-15H,6-13H2,1H3. The third-order valence-corrected chi connectivity index (χ3v) is 7.24. The molecule has 2 fully saturated rings. The fraction of sp³-hybridized carbons (Fsp3) is 0.600. The third kappa shape index (κ3) is 5.14. The highest BCUT2D eigenvalue weighted by Gasteiger charge is 2.46. The summed E-state index contributed by atoms with van der Waals surface area (Å²) in [6.07, 6.45) is -0.900. The second-order valence-corrected chi connectivity index (χ2v) is 10.1. The fourth-order valence-corrected chi connectivity index (χ4v) is 5.00. The molecule has 2 aliphatic heterocycles. The number of Topliss-reactive ketones (excluding diaryl/α,β-unsaturated/α-hetero) is 1. The summed E-state index contributed by atoms with van der Waals surface area (Å²) in [6, 6.07) is 6.81. The molecule has 2 heterocycles. The highest BCUT2D eigenvalue weighted by molar-refractivity contribution is 7.90. The van der Waals surface area contributed by atoms with Gasteiger partial charge in [0.2, 0.25) is 0 Å². The molecule has 0 N–H and O–H groups in total. The smallest absolute Gasteiger partial charge is 0.372 e. The number of amides is 1. The number of carbonyl (C=O) groups excluding carboxylic acids is 2. The molecule has 0 aromatic heterocycles. The summed E-state index contributed by atoms with van der Waals surface area (Å²) in [4.78, 5) is 26.4. The Labute approximate surface area is 173 Å². The molecule has 2 aliphatic rings. The first kappa shape index (κ1) is 22.6. The quantitative estimate of drug-likeness (QED) is 0.665. The summed E-state index contributed by atoms with van der Waals surface area (Å²) in [6.45, 7) is 1.99. The zero-order valence-corrected chi connectivity index (χ0v) is 17.5. The zero-order valence-electron chi connectivity index (χ0n) is 16.7. The van der Waals surface area contributed by atoms with Crippen molar-refractivity contribution in [2.45, 2.75) is 36.8 Å². The van der Waals surface area contributed by atoms with Gasteiger partial charge < -0.3 is 9.80 Å². The first-order chi connectivity index (χ1) is 14.0. The maximum atomic E-state index is 12.4. The second kappa shape index (κ2) is 8.56. The van der Waals surface area contributed by atoms with E-state index in [2.05, 4.69) is 4.90 Å². The van der Waals surface area contributed by atoms with Crippen LogP contribution in [0, 0.1) is 11.8 Å². The van der Waals surface area contributed by atoms with Gasteiger partial charge in [-0.15, -0.1) is 0 Å². The largest absolute Gasteiger partial charge is 0.460 e. The fourth-order valence-electron chi connectivity index (χ4n) is 4.37. The lowest BCUT2D eigenvalue weighted by Crippen LogP contribution is -2.47. The van der Waals surface area contributed by atoms with Gasteiger partial charge in [0, 0.05) is 38.1 Å². The van der Waals surface area contributed by atoms with Gasteiger partial charge in [0.05, 0.1) is 4.90 Å². The number of sulfone groups is 1. The molecule has 166 valence electrons. The minimum absolute atomic E-state index is 0.179. The van der Waals surface area contributed by atoms with Crippen molar-refractivity contribution >= 4 is 27.2 Å². The van der Waals surface area contributed by atoms with Gasteiger partial charge in [0.15, 0.2) is 9.84 Å². The first-order valence-corrected chi connectivity index (χ1v) is 11.8. The molecule has 30 heavy (non-hydrogen) atoms. The lowest BCUT2D eigenvalue weighted by Gasteiger charge is -2.40. The molecule has 0 unspecified atom stereocenters. The summed E-state index contributed by atoms with van der Waals surface area (Å²) >= 11 is 0. The summed E-state index contributed by atoms with van der Waals surface area (Å²) in [5.74, 6) is -3.00. The molecule has 3 rings (SSSR count). The number of hydrogen-bond donors (Lipinski definition) is 0. The van der Waals surface area contributed by atoms with E-state index in [1.165, 1.54) is 6.26 Å². The van der Waals surface area contributed by atoms with Crippen molar-refractivity contribution in [3.8, 4) is 0 Å². The van der Waals surface area contributed by atoms with Crippen LogP contribution in [0.3, 0.4) is 0 Å². The molecule has 0 radical (unpaired) electrons. The van der Waals surface area contributed by atoms with Crippen LogP contribution >= 0.6 is 0 Å². The lowest BCUT2D eigenvalue weighted by molar-refractivity contribution is -0.179. The molecule has 1 aromatic rings. The monoisotopic (exact) mass is 446 g/mol. The van der Waals surface area contributed by atoms with Crippen molar-refractivity contribution in [1.29, 1.82) is 0 Å². The number of hydrogen-bond acceptors (Lipinski definition) is 5. The van der Waals surface area contributed by atoms with Gasteiger partial charge in [-0.2, -0.15) is 13.2 Å². The average Bonchev–Trinajstić information content (AvgIpc) is 2.72. The van der Waals surface area contributed by atoms with Crippen molar-refractivity contribution in [3.05, 3.63) is 24.3 Å². The first-order valence-electron chi connectivity index (χ1n) is 9.92. The van der Waals surface area contributed by atoms with Crippen molar-refractivity contribution < 1.29 is 31.2 Å². The molecule has 0 atom stereocenters. The number of ketones is 1. The lowest BCUT2D eigenvalue weighted by atomic mass is 9.78. The summed E-state index contributed by atoms with van der Waals surface area (Å²) in [5, 5.41) is 0. The number of halogens is 3. The number of anilines is 1. The number of alkyl halides is 3. The third-order valence-electron chi connectivity index (χ3n) is 6.11. The number of carbonyl (C=O) groups is 2. The number of likely N-dealkylation sites (tertiary alicyclic amines) is 1. The van der Waals surface area contributed by atoms with Crippen LogP contribution in [0.25, 0.3) is 0 Å². The summed E-state index contributed by atoms with van der Waals surface area (Å²) in [5.41, 5.74) is 0.965. The molecule has 2 saturated heterocycles. The van der Waals surface area contributed by atoms with Gasteiger partial charge in [0.1, 0.15) is 0 Å².